The van der Waals surface area contributed by atoms with E-state index in [4.69, 9.17) is 5.53 Å². The Morgan fingerprint density at radius 1 is 0.750 bits per heavy atom. The highest BCUT2D eigenvalue weighted by molar-refractivity contribution is 5.60. The molecule has 1 rings (SSSR count). The predicted molar refractivity (Wildman–Crippen MR) is 124 cm³/mol. The van der Waals surface area contributed by atoms with E-state index in [1.165, 1.54) is 93.7 Å². The fourth-order valence-corrected chi connectivity index (χ4v) is 4.33. The van der Waals surface area contributed by atoms with Crippen molar-refractivity contribution in [3.8, 4) is 0 Å². The molecule has 0 spiro atoms. The molecule has 0 radical (unpaired) electrons. The van der Waals surface area contributed by atoms with Gasteiger partial charge in [-0.3, -0.25) is 0 Å². The maximum atomic E-state index is 7.29. The average Bonchev–Trinajstić information content (AvgIpc) is 2.72. The zero-order valence-corrected chi connectivity index (χ0v) is 19.0. The molecule has 1 aromatic carbocycles. The average molecular weight is 385 g/mol. The van der Waals surface area contributed by atoms with Crippen LogP contribution >= 0.6 is 0 Å². The molecule has 1 aromatic rings. The summed E-state index contributed by atoms with van der Waals surface area (Å²) in [4.78, 5) is 0. The molecule has 0 saturated carbocycles. The van der Waals surface area contributed by atoms with Gasteiger partial charge in [0, 0.05) is 6.20 Å². The first-order valence-electron chi connectivity index (χ1n) is 11.9. The second kappa shape index (κ2) is 15.5. The van der Waals surface area contributed by atoms with Crippen LogP contribution in [0.15, 0.2) is 29.5 Å². The number of hydrogen-bond donors (Lipinski definition) is 1. The number of benzene rings is 1. The number of nitrogens with zero attached hydrogens (tertiary/aromatic N) is 1. The first-order valence-corrected chi connectivity index (χ1v) is 11.9. The Morgan fingerprint density at radius 3 is 1.46 bits per heavy atom. The molecule has 158 valence electrons. The number of unbranched alkanes of at least 4 members (excludes halogenated alkanes) is 4. The summed E-state index contributed by atoms with van der Waals surface area (Å²) in [5, 5.41) is 3.55. The van der Waals surface area contributed by atoms with Crippen LogP contribution in [0.25, 0.3) is 6.08 Å². The van der Waals surface area contributed by atoms with E-state index in [1.54, 1.807) is 6.20 Å². The van der Waals surface area contributed by atoms with Crippen molar-refractivity contribution in [2.45, 2.75) is 117 Å². The number of hydrogen-bond acceptors (Lipinski definition) is 2. The van der Waals surface area contributed by atoms with Gasteiger partial charge in [-0.05, 0) is 60.3 Å². The first kappa shape index (κ1) is 24.6. The highest BCUT2D eigenvalue weighted by Gasteiger charge is 2.20. The molecule has 1 N–H and O–H groups in total. The molecule has 0 aliphatic rings. The molecule has 0 saturated heterocycles. The highest BCUT2D eigenvalue weighted by atomic mass is 14.9. The summed E-state index contributed by atoms with van der Waals surface area (Å²) in [6.45, 7) is 9.16. The minimum atomic E-state index is 0.628. The summed E-state index contributed by atoms with van der Waals surface area (Å²) in [6.07, 6.45) is 19.1. The van der Waals surface area contributed by atoms with E-state index in [9.17, 15) is 0 Å². The van der Waals surface area contributed by atoms with Crippen molar-refractivity contribution in [2.75, 3.05) is 0 Å². The van der Waals surface area contributed by atoms with E-state index < -0.39 is 0 Å². The molecule has 0 heterocycles. The van der Waals surface area contributed by atoms with Crippen molar-refractivity contribution >= 4 is 6.08 Å². The summed E-state index contributed by atoms with van der Waals surface area (Å²) < 4.78 is 0. The van der Waals surface area contributed by atoms with Gasteiger partial charge in [0.15, 0.2) is 0 Å². The molecule has 0 aliphatic heterocycles. The Hall–Kier alpha value is -1.44. The van der Waals surface area contributed by atoms with Gasteiger partial charge < -0.3 is 0 Å². The van der Waals surface area contributed by atoms with E-state index in [0.717, 1.165) is 0 Å². The van der Waals surface area contributed by atoms with E-state index in [2.05, 4.69) is 57.1 Å². The summed E-state index contributed by atoms with van der Waals surface area (Å²) >= 11 is 0. The maximum Gasteiger partial charge on any atom is 0.0494 e. The third kappa shape index (κ3) is 8.29. The predicted octanol–water partition coefficient (Wildman–Crippen LogP) is 9.62. The SMILES string of the molecule is CCCCC(CCCC)c1cccc(C(CCCC)CCCC)c1C=CN=N. The van der Waals surface area contributed by atoms with Crippen LogP contribution in [-0.4, -0.2) is 0 Å². The van der Waals surface area contributed by atoms with Gasteiger partial charge in [0.25, 0.3) is 0 Å². The molecule has 2 heteroatoms. The normalized spacial score (nSPS) is 11.8. The largest absolute Gasteiger partial charge is 0.205 e. The van der Waals surface area contributed by atoms with Gasteiger partial charge in [0.05, 0.1) is 0 Å². The van der Waals surface area contributed by atoms with Crippen LogP contribution in [0.5, 0.6) is 0 Å². The molecule has 0 fully saturated rings. The second-order valence-electron chi connectivity index (χ2n) is 8.26. The van der Waals surface area contributed by atoms with Gasteiger partial charge in [-0.1, -0.05) is 97.3 Å². The molecule has 0 aliphatic carbocycles. The Labute approximate surface area is 174 Å². The van der Waals surface area contributed by atoms with Crippen LogP contribution in [0.2, 0.25) is 0 Å². The lowest BCUT2D eigenvalue weighted by Crippen LogP contribution is -2.08. The smallest absolute Gasteiger partial charge is 0.0494 e. The van der Waals surface area contributed by atoms with Gasteiger partial charge in [-0.25, -0.2) is 5.53 Å². The fourth-order valence-electron chi connectivity index (χ4n) is 4.33. The Kier molecular flexibility index (Phi) is 13.6. The van der Waals surface area contributed by atoms with Gasteiger partial charge in [-0.2, -0.15) is 5.11 Å². The van der Waals surface area contributed by atoms with Crippen LogP contribution < -0.4 is 0 Å². The molecule has 2 nitrogen and oxygen atoms in total. The summed E-state index contributed by atoms with van der Waals surface area (Å²) in [7, 11) is 0. The second-order valence-corrected chi connectivity index (χ2v) is 8.26. The minimum Gasteiger partial charge on any atom is -0.205 e. The van der Waals surface area contributed by atoms with Crippen LogP contribution in [0.3, 0.4) is 0 Å². The quantitative estimate of drug-likeness (QED) is 0.275. The molecule has 28 heavy (non-hydrogen) atoms. The Balaban J connectivity index is 3.35. The summed E-state index contributed by atoms with van der Waals surface area (Å²) in [5.41, 5.74) is 11.7. The van der Waals surface area contributed by atoms with E-state index in [0.29, 0.717) is 11.8 Å². The number of rotatable bonds is 16. The van der Waals surface area contributed by atoms with Crippen LogP contribution in [0.4, 0.5) is 0 Å². The van der Waals surface area contributed by atoms with Crippen molar-refractivity contribution in [3.63, 3.8) is 0 Å². The fraction of sp³-hybridized carbons (Fsp3) is 0.692. The minimum absolute atomic E-state index is 0.628. The van der Waals surface area contributed by atoms with Crippen LogP contribution in [0.1, 0.15) is 133 Å². The lowest BCUT2D eigenvalue weighted by Gasteiger charge is -2.25. The third-order valence-electron chi connectivity index (χ3n) is 5.99. The Bertz CT molecular complexity index is 507. The van der Waals surface area contributed by atoms with Crippen molar-refractivity contribution in [2.24, 2.45) is 5.11 Å². The first-order chi connectivity index (χ1) is 13.7. The summed E-state index contributed by atoms with van der Waals surface area (Å²) in [6, 6.07) is 6.98. The van der Waals surface area contributed by atoms with Crippen molar-refractivity contribution in [1.29, 1.82) is 5.53 Å². The van der Waals surface area contributed by atoms with Crippen LogP contribution in [0, 0.1) is 5.53 Å². The van der Waals surface area contributed by atoms with Gasteiger partial charge in [-0.15, -0.1) is 0 Å². The molecular formula is C26H44N2. The topological polar surface area (TPSA) is 36.2 Å². The van der Waals surface area contributed by atoms with Gasteiger partial charge >= 0.3 is 0 Å². The van der Waals surface area contributed by atoms with Gasteiger partial charge in [0.1, 0.15) is 0 Å². The standard InChI is InChI=1S/C26H44N2/c1-5-9-14-22(15-10-6-2)24-18-13-19-25(26(24)20-21-28-27)23(16-11-7-3)17-12-8-4/h13,18-23,27H,5-12,14-17H2,1-4H3. The lowest BCUT2D eigenvalue weighted by molar-refractivity contribution is 0.513. The molecule has 0 bridgehead atoms. The van der Waals surface area contributed by atoms with Crippen molar-refractivity contribution in [1.82, 2.24) is 0 Å². The zero-order valence-electron chi connectivity index (χ0n) is 19.0. The van der Waals surface area contributed by atoms with Crippen LogP contribution in [-0.2, 0) is 0 Å². The van der Waals surface area contributed by atoms with E-state index >= 15 is 0 Å². The highest BCUT2D eigenvalue weighted by Crippen LogP contribution is 2.37. The zero-order chi connectivity index (χ0) is 20.6. The number of nitrogens with one attached hydrogen (secondary N) is 1. The lowest BCUT2D eigenvalue weighted by atomic mass is 9.80. The monoisotopic (exact) mass is 384 g/mol. The van der Waals surface area contributed by atoms with Crippen molar-refractivity contribution < 1.29 is 0 Å². The molecule has 0 aromatic heterocycles. The van der Waals surface area contributed by atoms with Gasteiger partial charge in [0.2, 0.25) is 0 Å². The molecule has 0 unspecified atom stereocenters. The molecular weight excluding hydrogens is 340 g/mol. The Morgan fingerprint density at radius 2 is 1.14 bits per heavy atom. The third-order valence-corrected chi connectivity index (χ3v) is 5.99. The maximum absolute atomic E-state index is 7.29. The van der Waals surface area contributed by atoms with E-state index in [1.807, 2.05) is 0 Å². The van der Waals surface area contributed by atoms with E-state index in [-0.39, 0.29) is 0 Å². The van der Waals surface area contributed by atoms with Crippen molar-refractivity contribution in [3.05, 3.63) is 41.1 Å². The molecule has 0 atom stereocenters. The molecule has 0 amide bonds. The summed E-state index contributed by atoms with van der Waals surface area (Å²) in [5.74, 6) is 1.26.